The van der Waals surface area contributed by atoms with Crippen LogP contribution in [-0.4, -0.2) is 70.5 Å². The molecule has 0 bridgehead atoms. The molecule has 0 radical (unpaired) electrons. The fourth-order valence-corrected chi connectivity index (χ4v) is 4.09. The van der Waals surface area contributed by atoms with Crippen molar-refractivity contribution in [2.75, 3.05) is 18.6 Å². The Bertz CT molecular complexity index is 1030. The van der Waals surface area contributed by atoms with Gasteiger partial charge in [-0.15, -0.1) is 0 Å². The van der Waals surface area contributed by atoms with E-state index in [1.165, 1.54) is 11.8 Å². The number of H-pyrrole nitrogens is 1. The second-order valence-electron chi connectivity index (χ2n) is 8.50. The third kappa shape index (κ3) is 8.29. The van der Waals surface area contributed by atoms with Gasteiger partial charge in [0.05, 0.1) is 12.6 Å². The van der Waals surface area contributed by atoms with E-state index in [4.69, 9.17) is 5.73 Å². The van der Waals surface area contributed by atoms with Crippen molar-refractivity contribution in [3.63, 3.8) is 0 Å². The lowest BCUT2D eigenvalue weighted by molar-refractivity contribution is -0.143. The number of aromatic amines is 1. The van der Waals surface area contributed by atoms with Crippen LogP contribution in [-0.2, 0) is 25.6 Å². The number of amides is 3. The van der Waals surface area contributed by atoms with Gasteiger partial charge in [0.1, 0.15) is 12.1 Å². The van der Waals surface area contributed by atoms with Crippen LogP contribution >= 0.6 is 11.8 Å². The van der Waals surface area contributed by atoms with Gasteiger partial charge in [0.15, 0.2) is 0 Å². The molecule has 0 saturated heterocycles. The Kier molecular flexibility index (Phi) is 11.1. The average Bonchev–Trinajstić information content (AvgIpc) is 3.25. The number of hydrogen-bond acceptors (Lipinski definition) is 6. The lowest BCUT2D eigenvalue weighted by Crippen LogP contribution is -2.55. The molecule has 4 unspecified atom stereocenters. The van der Waals surface area contributed by atoms with Gasteiger partial charge in [-0.3, -0.25) is 14.4 Å². The van der Waals surface area contributed by atoms with Gasteiger partial charge in [-0.1, -0.05) is 38.5 Å². The summed E-state index contributed by atoms with van der Waals surface area (Å²) < 4.78 is 0. The first-order valence-electron chi connectivity index (χ1n) is 11.6. The second kappa shape index (κ2) is 13.7. The molecule has 0 spiro atoms. The van der Waals surface area contributed by atoms with Crippen molar-refractivity contribution in [2.24, 2.45) is 11.7 Å². The van der Waals surface area contributed by atoms with Gasteiger partial charge in [0.25, 0.3) is 0 Å². The van der Waals surface area contributed by atoms with Crippen LogP contribution in [0.5, 0.6) is 0 Å². The van der Waals surface area contributed by atoms with E-state index in [1.54, 1.807) is 6.92 Å². The number of fused-ring (bicyclic) bond motifs is 1. The predicted molar refractivity (Wildman–Crippen MR) is 137 cm³/mol. The molecular weight excluding hydrogens is 470 g/mol. The van der Waals surface area contributed by atoms with Crippen LogP contribution in [0.1, 0.15) is 32.3 Å². The molecule has 10 nitrogen and oxygen atoms in total. The fraction of sp³-hybridized carbons (Fsp3) is 0.500. The summed E-state index contributed by atoms with van der Waals surface area (Å²) in [6.07, 6.45) is 4.86. The number of carboxylic acid groups (broad SMARTS) is 1. The van der Waals surface area contributed by atoms with E-state index in [9.17, 15) is 24.3 Å². The Morgan fingerprint density at radius 2 is 1.86 bits per heavy atom. The first-order valence-corrected chi connectivity index (χ1v) is 13.0. The summed E-state index contributed by atoms with van der Waals surface area (Å²) in [6.45, 7) is 3.23. The maximum Gasteiger partial charge on any atom is 0.326 e. The summed E-state index contributed by atoms with van der Waals surface area (Å²) in [7, 11) is 0. The molecule has 0 aliphatic carbocycles. The van der Waals surface area contributed by atoms with E-state index < -0.39 is 41.8 Å². The zero-order chi connectivity index (χ0) is 26.0. The Labute approximate surface area is 209 Å². The number of nitrogens with one attached hydrogen (secondary N) is 4. The Balaban J connectivity index is 1.91. The van der Waals surface area contributed by atoms with Crippen molar-refractivity contribution in [2.45, 2.75) is 51.2 Å². The molecule has 0 aliphatic rings. The van der Waals surface area contributed by atoms with Gasteiger partial charge in [-0.25, -0.2) is 4.79 Å². The van der Waals surface area contributed by atoms with Gasteiger partial charge in [-0.05, 0) is 42.4 Å². The van der Waals surface area contributed by atoms with Gasteiger partial charge >= 0.3 is 5.97 Å². The average molecular weight is 506 g/mol. The second-order valence-corrected chi connectivity index (χ2v) is 9.49. The normalized spacial score (nSPS) is 14.5. The highest BCUT2D eigenvalue weighted by atomic mass is 32.2. The van der Waals surface area contributed by atoms with Crippen molar-refractivity contribution in [1.82, 2.24) is 20.9 Å². The summed E-state index contributed by atoms with van der Waals surface area (Å²) >= 11 is 1.50. The van der Waals surface area contributed by atoms with E-state index in [-0.39, 0.29) is 12.5 Å². The summed E-state index contributed by atoms with van der Waals surface area (Å²) in [5, 5.41) is 18.1. The van der Waals surface area contributed by atoms with Crippen molar-refractivity contribution >= 4 is 46.4 Å². The summed E-state index contributed by atoms with van der Waals surface area (Å²) in [5.41, 5.74) is 7.89. The van der Waals surface area contributed by atoms with Crippen molar-refractivity contribution in [3.8, 4) is 0 Å². The first-order chi connectivity index (χ1) is 16.7. The number of nitrogens with two attached hydrogens (primary N) is 1. The van der Waals surface area contributed by atoms with Crippen LogP contribution < -0.4 is 21.7 Å². The molecular formula is C24H35N5O5S. The molecule has 1 heterocycles. The van der Waals surface area contributed by atoms with Crippen LogP contribution in [0.25, 0.3) is 10.9 Å². The molecule has 35 heavy (non-hydrogen) atoms. The van der Waals surface area contributed by atoms with Crippen LogP contribution in [0.15, 0.2) is 30.5 Å². The van der Waals surface area contributed by atoms with Gasteiger partial charge < -0.3 is 31.8 Å². The van der Waals surface area contributed by atoms with Crippen LogP contribution in [0.4, 0.5) is 0 Å². The Hall–Kier alpha value is -3.05. The number of para-hydroxylation sites is 1. The fourth-order valence-electron chi connectivity index (χ4n) is 3.62. The Morgan fingerprint density at radius 1 is 1.14 bits per heavy atom. The van der Waals surface area contributed by atoms with Crippen molar-refractivity contribution in [1.29, 1.82) is 0 Å². The Morgan fingerprint density at radius 3 is 2.51 bits per heavy atom. The lowest BCUT2D eigenvalue weighted by Gasteiger charge is -2.24. The molecule has 0 saturated carbocycles. The number of carbonyl (C=O) groups excluding carboxylic acids is 3. The van der Waals surface area contributed by atoms with E-state index >= 15 is 0 Å². The molecule has 192 valence electrons. The molecule has 0 aliphatic heterocycles. The number of aliphatic carboxylic acids is 1. The van der Waals surface area contributed by atoms with Gasteiger partial charge in [-0.2, -0.15) is 11.8 Å². The van der Waals surface area contributed by atoms with E-state index in [0.29, 0.717) is 25.0 Å². The number of hydrogen-bond donors (Lipinski definition) is 6. The van der Waals surface area contributed by atoms with E-state index in [0.717, 1.165) is 16.5 Å². The number of thioether (sulfide) groups is 1. The maximum absolute atomic E-state index is 12.7. The molecule has 1 aromatic heterocycles. The number of aromatic nitrogens is 1. The minimum atomic E-state index is -1.13. The molecule has 1 aromatic carbocycles. The van der Waals surface area contributed by atoms with Gasteiger partial charge in [0.2, 0.25) is 17.7 Å². The number of benzene rings is 1. The smallest absolute Gasteiger partial charge is 0.326 e. The van der Waals surface area contributed by atoms with E-state index in [2.05, 4.69) is 20.9 Å². The lowest BCUT2D eigenvalue weighted by atomic mass is 9.99. The van der Waals surface area contributed by atoms with Crippen LogP contribution in [0.2, 0.25) is 0 Å². The highest BCUT2D eigenvalue weighted by molar-refractivity contribution is 7.98. The molecule has 3 amide bonds. The third-order valence-electron chi connectivity index (χ3n) is 5.91. The largest absolute Gasteiger partial charge is 0.480 e. The molecule has 2 aromatic rings. The third-order valence-corrected chi connectivity index (χ3v) is 6.56. The summed E-state index contributed by atoms with van der Waals surface area (Å²) in [5.74, 6) is -2.43. The van der Waals surface area contributed by atoms with E-state index in [1.807, 2.05) is 43.6 Å². The monoisotopic (exact) mass is 505 g/mol. The quantitative estimate of drug-likeness (QED) is 0.223. The van der Waals surface area contributed by atoms with Crippen molar-refractivity contribution < 1.29 is 24.3 Å². The first kappa shape index (κ1) is 28.2. The number of carbonyl (C=O) groups is 4. The van der Waals surface area contributed by atoms with Crippen molar-refractivity contribution in [3.05, 3.63) is 36.0 Å². The molecule has 7 N–H and O–H groups in total. The minimum Gasteiger partial charge on any atom is -0.480 e. The molecule has 0 fully saturated rings. The zero-order valence-corrected chi connectivity index (χ0v) is 21.1. The zero-order valence-electron chi connectivity index (χ0n) is 20.3. The van der Waals surface area contributed by atoms with Crippen LogP contribution in [0, 0.1) is 5.92 Å². The summed E-state index contributed by atoms with van der Waals surface area (Å²) in [6, 6.07) is 4.86. The van der Waals surface area contributed by atoms with Crippen LogP contribution in [0.3, 0.4) is 0 Å². The highest BCUT2D eigenvalue weighted by Gasteiger charge is 2.29. The molecule has 11 heteroatoms. The maximum atomic E-state index is 12.7. The predicted octanol–water partition coefficient (Wildman–Crippen LogP) is 1.01. The topological polar surface area (TPSA) is 166 Å². The van der Waals surface area contributed by atoms with Gasteiger partial charge in [0, 0.05) is 17.1 Å². The SMILES string of the molecule is CCC(C)C(NC(=O)C(CCSC)NC(=O)CNC(=O)C(N)Cc1c[nH]c2ccccc12)C(=O)O. The minimum absolute atomic E-state index is 0.272. The summed E-state index contributed by atoms with van der Waals surface area (Å²) in [4.78, 5) is 52.4. The number of carboxylic acids is 1. The highest BCUT2D eigenvalue weighted by Crippen LogP contribution is 2.18. The number of rotatable bonds is 14. The standard InChI is InChI=1S/C24H35N5O5S/c1-4-14(2)21(24(33)34)29-23(32)19(9-10-35-3)28-20(30)13-27-22(31)17(25)11-15-12-26-18-8-6-5-7-16(15)18/h5-8,12,14,17,19,21,26H,4,9-11,13,25H2,1-3H3,(H,27,31)(H,28,30)(H,29,32)(H,33,34). The molecule has 4 atom stereocenters. The molecule has 2 rings (SSSR count).